The molecular formula is C15H21N3O2. The van der Waals surface area contributed by atoms with Crippen molar-refractivity contribution < 1.29 is 9.47 Å². The minimum absolute atomic E-state index is 0.457. The van der Waals surface area contributed by atoms with E-state index in [-0.39, 0.29) is 0 Å². The molecule has 5 heteroatoms. The molecule has 0 aliphatic rings. The highest BCUT2D eigenvalue weighted by atomic mass is 16.5. The van der Waals surface area contributed by atoms with E-state index in [1.807, 2.05) is 35.9 Å². The van der Waals surface area contributed by atoms with Crippen molar-refractivity contribution in [3.8, 4) is 11.5 Å². The summed E-state index contributed by atoms with van der Waals surface area (Å²) in [6, 6.07) is 7.76. The number of ether oxygens (including phenoxy) is 2. The van der Waals surface area contributed by atoms with Crippen molar-refractivity contribution in [1.29, 1.82) is 0 Å². The molecule has 20 heavy (non-hydrogen) atoms. The second-order valence-electron chi connectivity index (χ2n) is 4.57. The van der Waals surface area contributed by atoms with Crippen molar-refractivity contribution in [3.05, 3.63) is 41.2 Å². The van der Waals surface area contributed by atoms with Crippen LogP contribution in [0.15, 0.2) is 24.3 Å². The van der Waals surface area contributed by atoms with E-state index >= 15 is 0 Å². The molecule has 0 fully saturated rings. The lowest BCUT2D eigenvalue weighted by Gasteiger charge is -2.12. The molecule has 5 nitrogen and oxygen atoms in total. The van der Waals surface area contributed by atoms with Gasteiger partial charge < -0.3 is 15.2 Å². The van der Waals surface area contributed by atoms with Crippen LogP contribution in [0.5, 0.6) is 11.5 Å². The van der Waals surface area contributed by atoms with Gasteiger partial charge in [0.25, 0.3) is 0 Å². The van der Waals surface area contributed by atoms with Gasteiger partial charge in [-0.05, 0) is 37.6 Å². The SMILES string of the molecule is CCn1nc(C)cc1COc1cc(CN)ccc1OC. The second-order valence-corrected chi connectivity index (χ2v) is 4.57. The largest absolute Gasteiger partial charge is 0.493 e. The van der Waals surface area contributed by atoms with Gasteiger partial charge in [-0.3, -0.25) is 4.68 Å². The maximum Gasteiger partial charge on any atom is 0.162 e. The number of hydrogen-bond acceptors (Lipinski definition) is 4. The van der Waals surface area contributed by atoms with Gasteiger partial charge in [0, 0.05) is 13.1 Å². The Morgan fingerprint density at radius 2 is 2.05 bits per heavy atom. The van der Waals surface area contributed by atoms with Crippen LogP contribution in [0.1, 0.15) is 23.9 Å². The fourth-order valence-corrected chi connectivity index (χ4v) is 2.10. The van der Waals surface area contributed by atoms with Crippen molar-refractivity contribution in [2.24, 2.45) is 5.73 Å². The molecule has 0 saturated heterocycles. The summed E-state index contributed by atoms with van der Waals surface area (Å²) in [5.41, 5.74) is 8.71. The van der Waals surface area contributed by atoms with Crippen molar-refractivity contribution in [2.75, 3.05) is 7.11 Å². The first kappa shape index (κ1) is 14.4. The molecule has 0 aliphatic heterocycles. The lowest BCUT2D eigenvalue weighted by atomic mass is 10.2. The van der Waals surface area contributed by atoms with E-state index in [0.717, 1.165) is 23.5 Å². The predicted octanol–water partition coefficient (Wildman–Crippen LogP) is 2.26. The smallest absolute Gasteiger partial charge is 0.162 e. The highest BCUT2D eigenvalue weighted by Crippen LogP contribution is 2.28. The number of methoxy groups -OCH3 is 1. The summed E-state index contributed by atoms with van der Waals surface area (Å²) in [6.07, 6.45) is 0. The zero-order chi connectivity index (χ0) is 14.5. The van der Waals surface area contributed by atoms with Crippen LogP contribution in [-0.4, -0.2) is 16.9 Å². The van der Waals surface area contributed by atoms with Crippen LogP contribution < -0.4 is 15.2 Å². The van der Waals surface area contributed by atoms with Crippen LogP contribution in [-0.2, 0) is 19.7 Å². The maximum absolute atomic E-state index is 5.87. The summed E-state index contributed by atoms with van der Waals surface area (Å²) >= 11 is 0. The minimum atomic E-state index is 0.457. The average molecular weight is 275 g/mol. The van der Waals surface area contributed by atoms with Crippen molar-refractivity contribution in [2.45, 2.75) is 33.5 Å². The molecule has 0 spiro atoms. The van der Waals surface area contributed by atoms with E-state index in [1.165, 1.54) is 0 Å². The number of hydrogen-bond donors (Lipinski definition) is 1. The molecule has 1 aromatic heterocycles. The fourth-order valence-electron chi connectivity index (χ4n) is 2.10. The Morgan fingerprint density at radius 3 is 2.70 bits per heavy atom. The van der Waals surface area contributed by atoms with E-state index in [2.05, 4.69) is 12.0 Å². The molecule has 0 atom stereocenters. The van der Waals surface area contributed by atoms with E-state index in [1.54, 1.807) is 7.11 Å². The third-order valence-electron chi connectivity index (χ3n) is 3.12. The molecule has 2 rings (SSSR count). The van der Waals surface area contributed by atoms with Gasteiger partial charge in [-0.25, -0.2) is 0 Å². The number of rotatable bonds is 6. The number of nitrogens with two attached hydrogens (primary N) is 1. The summed E-state index contributed by atoms with van der Waals surface area (Å²) in [6.45, 7) is 5.80. The number of aromatic nitrogens is 2. The summed E-state index contributed by atoms with van der Waals surface area (Å²) in [4.78, 5) is 0. The van der Waals surface area contributed by atoms with E-state index < -0.39 is 0 Å². The molecule has 2 N–H and O–H groups in total. The summed E-state index contributed by atoms with van der Waals surface area (Å²) in [5, 5.41) is 4.40. The van der Waals surface area contributed by atoms with E-state index in [9.17, 15) is 0 Å². The summed E-state index contributed by atoms with van der Waals surface area (Å²) in [7, 11) is 1.63. The standard InChI is InChI=1S/C15H21N3O2/c1-4-18-13(7-11(2)17-18)10-20-15-8-12(9-16)5-6-14(15)19-3/h5-8H,4,9-10,16H2,1-3H3. The van der Waals surface area contributed by atoms with Crippen LogP contribution in [0.4, 0.5) is 0 Å². The lowest BCUT2D eigenvalue weighted by Crippen LogP contribution is -2.07. The Hall–Kier alpha value is -2.01. The van der Waals surface area contributed by atoms with Crippen molar-refractivity contribution in [1.82, 2.24) is 9.78 Å². The van der Waals surface area contributed by atoms with Crippen LogP contribution >= 0.6 is 0 Å². The summed E-state index contributed by atoms with van der Waals surface area (Å²) < 4.78 is 13.1. The Kier molecular flexibility index (Phi) is 4.63. The van der Waals surface area contributed by atoms with Crippen LogP contribution in [0.25, 0.3) is 0 Å². The Balaban J connectivity index is 2.17. The fraction of sp³-hybridized carbons (Fsp3) is 0.400. The van der Waals surface area contributed by atoms with Gasteiger partial charge in [-0.1, -0.05) is 6.07 Å². The van der Waals surface area contributed by atoms with E-state index in [0.29, 0.717) is 24.7 Å². The molecule has 2 aromatic rings. The molecule has 0 amide bonds. The Morgan fingerprint density at radius 1 is 1.25 bits per heavy atom. The number of benzene rings is 1. The normalized spacial score (nSPS) is 10.6. The molecule has 108 valence electrons. The molecule has 0 radical (unpaired) electrons. The molecule has 1 heterocycles. The van der Waals surface area contributed by atoms with E-state index in [4.69, 9.17) is 15.2 Å². The molecule has 0 bridgehead atoms. The van der Waals surface area contributed by atoms with Crippen LogP contribution in [0.3, 0.4) is 0 Å². The second kappa shape index (κ2) is 6.43. The van der Waals surface area contributed by atoms with Gasteiger partial charge in [-0.2, -0.15) is 5.10 Å². The van der Waals surface area contributed by atoms with Gasteiger partial charge in [-0.15, -0.1) is 0 Å². The Labute approximate surface area is 119 Å². The lowest BCUT2D eigenvalue weighted by molar-refractivity contribution is 0.273. The molecule has 0 saturated carbocycles. The van der Waals surface area contributed by atoms with Gasteiger partial charge >= 0.3 is 0 Å². The predicted molar refractivity (Wildman–Crippen MR) is 77.9 cm³/mol. The third kappa shape index (κ3) is 3.11. The number of aryl methyl sites for hydroxylation is 2. The zero-order valence-corrected chi connectivity index (χ0v) is 12.2. The van der Waals surface area contributed by atoms with Gasteiger partial charge in [0.05, 0.1) is 18.5 Å². The quantitative estimate of drug-likeness (QED) is 0.878. The maximum atomic E-state index is 5.87. The van der Waals surface area contributed by atoms with Gasteiger partial charge in [0.15, 0.2) is 11.5 Å². The first-order valence-electron chi connectivity index (χ1n) is 6.71. The van der Waals surface area contributed by atoms with Crippen molar-refractivity contribution >= 4 is 0 Å². The van der Waals surface area contributed by atoms with Gasteiger partial charge in [0.1, 0.15) is 6.61 Å². The van der Waals surface area contributed by atoms with Crippen LogP contribution in [0, 0.1) is 6.92 Å². The van der Waals surface area contributed by atoms with Crippen molar-refractivity contribution in [3.63, 3.8) is 0 Å². The van der Waals surface area contributed by atoms with Crippen LogP contribution in [0.2, 0.25) is 0 Å². The monoisotopic (exact) mass is 275 g/mol. The first-order valence-corrected chi connectivity index (χ1v) is 6.71. The zero-order valence-electron chi connectivity index (χ0n) is 12.2. The number of nitrogens with zero attached hydrogens (tertiary/aromatic N) is 2. The third-order valence-corrected chi connectivity index (χ3v) is 3.12. The highest BCUT2D eigenvalue weighted by Gasteiger charge is 2.09. The molecule has 1 aromatic carbocycles. The topological polar surface area (TPSA) is 62.3 Å². The minimum Gasteiger partial charge on any atom is -0.493 e. The average Bonchev–Trinajstić information content (AvgIpc) is 2.84. The van der Waals surface area contributed by atoms with Gasteiger partial charge in [0.2, 0.25) is 0 Å². The highest BCUT2D eigenvalue weighted by molar-refractivity contribution is 5.43. The summed E-state index contributed by atoms with van der Waals surface area (Å²) in [5.74, 6) is 1.42. The first-order chi connectivity index (χ1) is 9.67. The molecule has 0 aliphatic carbocycles. The Bertz CT molecular complexity index is 578. The molecule has 0 unspecified atom stereocenters. The molecular weight excluding hydrogens is 254 g/mol.